The molecule has 0 aliphatic carbocycles. The summed E-state index contributed by atoms with van der Waals surface area (Å²) in [5, 5.41) is 3.32. The minimum atomic E-state index is 0.0358. The van der Waals surface area contributed by atoms with E-state index in [-0.39, 0.29) is 5.91 Å². The molecule has 1 N–H and O–H groups in total. The number of carbonyl (C=O) groups is 1. The van der Waals surface area contributed by atoms with E-state index in [0.717, 1.165) is 32.5 Å². The van der Waals surface area contributed by atoms with E-state index < -0.39 is 0 Å². The van der Waals surface area contributed by atoms with Crippen LogP contribution >= 0.6 is 0 Å². The predicted molar refractivity (Wildman–Crippen MR) is 73.4 cm³/mol. The van der Waals surface area contributed by atoms with Crippen LogP contribution < -0.4 is 10.1 Å². The molecule has 2 heterocycles. The fraction of sp³-hybridized carbons (Fsp3) is 0.571. The van der Waals surface area contributed by atoms with E-state index in [1.807, 2.05) is 11.8 Å². The largest absolute Gasteiger partial charge is 0.494 e. The van der Waals surface area contributed by atoms with Gasteiger partial charge in [0.2, 0.25) is 0 Å². The molecule has 1 aromatic rings. The normalized spacial score (nSPS) is 16.1. The van der Waals surface area contributed by atoms with Crippen LogP contribution in [-0.4, -0.2) is 48.6 Å². The van der Waals surface area contributed by atoms with Gasteiger partial charge >= 0.3 is 0 Å². The van der Waals surface area contributed by atoms with Crippen molar-refractivity contribution >= 4 is 5.91 Å². The third kappa shape index (κ3) is 3.04. The molecule has 19 heavy (non-hydrogen) atoms. The summed E-state index contributed by atoms with van der Waals surface area (Å²) in [7, 11) is 1.56. The zero-order valence-corrected chi connectivity index (χ0v) is 11.6. The highest BCUT2D eigenvalue weighted by atomic mass is 16.5. The number of methoxy groups -OCH3 is 1. The highest BCUT2D eigenvalue weighted by Crippen LogP contribution is 2.21. The number of rotatable bonds is 4. The summed E-state index contributed by atoms with van der Waals surface area (Å²) in [5.74, 6) is 0.577. The first-order valence-electron chi connectivity index (χ1n) is 6.77. The van der Waals surface area contributed by atoms with Crippen molar-refractivity contribution in [1.82, 2.24) is 15.2 Å². The molecule has 0 spiro atoms. The molecule has 1 fully saturated rings. The molecular weight excluding hydrogens is 242 g/mol. The summed E-state index contributed by atoms with van der Waals surface area (Å²) in [6, 6.07) is 2.04. The molecule has 1 amide bonds. The van der Waals surface area contributed by atoms with E-state index in [4.69, 9.17) is 4.74 Å². The number of piperidine rings is 1. The number of amides is 1. The van der Waals surface area contributed by atoms with E-state index >= 15 is 0 Å². The Balaban J connectivity index is 2.19. The van der Waals surface area contributed by atoms with Gasteiger partial charge in [-0.05, 0) is 38.9 Å². The van der Waals surface area contributed by atoms with E-state index in [9.17, 15) is 4.79 Å². The number of ether oxygens (including phenoxy) is 1. The van der Waals surface area contributed by atoms with Crippen LogP contribution in [0.2, 0.25) is 0 Å². The lowest BCUT2D eigenvalue weighted by Gasteiger charge is -2.34. The van der Waals surface area contributed by atoms with Gasteiger partial charge in [0.05, 0.1) is 18.9 Å². The molecule has 0 unspecified atom stereocenters. The number of hydrogen-bond donors (Lipinski definition) is 1. The van der Waals surface area contributed by atoms with Gasteiger partial charge in [-0.15, -0.1) is 0 Å². The van der Waals surface area contributed by atoms with Gasteiger partial charge in [0.25, 0.3) is 5.91 Å². The van der Waals surface area contributed by atoms with E-state index in [0.29, 0.717) is 17.4 Å². The van der Waals surface area contributed by atoms with Gasteiger partial charge in [-0.3, -0.25) is 9.78 Å². The van der Waals surface area contributed by atoms with Crippen LogP contribution in [0.5, 0.6) is 5.75 Å². The van der Waals surface area contributed by atoms with Gasteiger partial charge in [0.15, 0.2) is 0 Å². The number of pyridine rings is 1. The highest BCUT2D eigenvalue weighted by molar-refractivity contribution is 5.97. The van der Waals surface area contributed by atoms with Crippen molar-refractivity contribution in [3.05, 3.63) is 24.0 Å². The smallest absolute Gasteiger partial charge is 0.257 e. The average Bonchev–Trinajstić information content (AvgIpc) is 2.49. The average molecular weight is 263 g/mol. The first-order chi connectivity index (χ1) is 9.27. The first kappa shape index (κ1) is 13.8. The molecule has 0 aromatic carbocycles. The van der Waals surface area contributed by atoms with Crippen molar-refractivity contribution in [1.29, 1.82) is 0 Å². The monoisotopic (exact) mass is 263 g/mol. The van der Waals surface area contributed by atoms with Crippen LogP contribution in [0.1, 0.15) is 30.1 Å². The van der Waals surface area contributed by atoms with Gasteiger partial charge in [-0.2, -0.15) is 0 Å². The Morgan fingerprint density at radius 3 is 2.89 bits per heavy atom. The fourth-order valence-corrected chi connectivity index (χ4v) is 2.56. The predicted octanol–water partition coefficient (Wildman–Crippen LogP) is 1.30. The Hall–Kier alpha value is -1.62. The molecule has 5 heteroatoms. The summed E-state index contributed by atoms with van der Waals surface area (Å²) in [4.78, 5) is 18.6. The van der Waals surface area contributed by atoms with E-state index in [2.05, 4.69) is 10.3 Å². The van der Waals surface area contributed by atoms with Crippen molar-refractivity contribution in [3.8, 4) is 5.75 Å². The van der Waals surface area contributed by atoms with Gasteiger partial charge in [-0.25, -0.2) is 0 Å². The highest BCUT2D eigenvalue weighted by Gasteiger charge is 2.26. The minimum Gasteiger partial charge on any atom is -0.494 e. The molecule has 1 saturated heterocycles. The Morgan fingerprint density at radius 1 is 1.53 bits per heavy atom. The van der Waals surface area contributed by atoms with Crippen LogP contribution in [0.3, 0.4) is 0 Å². The lowest BCUT2D eigenvalue weighted by Crippen LogP contribution is -2.46. The fourth-order valence-electron chi connectivity index (χ4n) is 2.56. The maximum atomic E-state index is 12.7. The van der Waals surface area contributed by atoms with Crippen molar-refractivity contribution in [3.63, 3.8) is 0 Å². The Kier molecular flexibility index (Phi) is 4.74. The molecule has 1 aromatic heterocycles. The quantitative estimate of drug-likeness (QED) is 0.889. The molecule has 1 aliphatic heterocycles. The molecule has 0 saturated carbocycles. The number of aromatic nitrogens is 1. The maximum absolute atomic E-state index is 12.7. The van der Waals surface area contributed by atoms with Gasteiger partial charge in [-0.1, -0.05) is 0 Å². The number of nitrogens with zero attached hydrogens (tertiary/aromatic N) is 2. The second-order valence-corrected chi connectivity index (χ2v) is 4.65. The Labute approximate surface area is 114 Å². The van der Waals surface area contributed by atoms with Crippen molar-refractivity contribution in [2.45, 2.75) is 25.8 Å². The van der Waals surface area contributed by atoms with Crippen molar-refractivity contribution in [2.75, 3.05) is 26.7 Å². The zero-order chi connectivity index (χ0) is 13.7. The zero-order valence-electron chi connectivity index (χ0n) is 11.6. The minimum absolute atomic E-state index is 0.0358. The molecule has 0 bridgehead atoms. The summed E-state index contributed by atoms with van der Waals surface area (Å²) < 4.78 is 5.23. The van der Waals surface area contributed by atoms with Crippen LogP contribution in [0, 0.1) is 0 Å². The summed E-state index contributed by atoms with van der Waals surface area (Å²) in [6.07, 6.45) is 5.23. The third-order valence-corrected chi connectivity index (χ3v) is 3.59. The molecule has 5 nitrogen and oxygen atoms in total. The Bertz CT molecular complexity index is 430. The molecule has 104 valence electrons. The summed E-state index contributed by atoms with van der Waals surface area (Å²) in [5.41, 5.74) is 0.595. The molecule has 1 aliphatic rings. The third-order valence-electron chi connectivity index (χ3n) is 3.59. The van der Waals surface area contributed by atoms with Crippen LogP contribution in [-0.2, 0) is 0 Å². The first-order valence-corrected chi connectivity index (χ1v) is 6.77. The molecule has 0 radical (unpaired) electrons. The lowest BCUT2D eigenvalue weighted by atomic mass is 10.0. The lowest BCUT2D eigenvalue weighted by molar-refractivity contribution is 0.0652. The SMILES string of the molecule is CCN(C(=O)c1ccncc1OC)C1CCNCC1. The van der Waals surface area contributed by atoms with Gasteiger partial charge < -0.3 is 15.0 Å². The van der Waals surface area contributed by atoms with Crippen molar-refractivity contribution < 1.29 is 9.53 Å². The van der Waals surface area contributed by atoms with Crippen LogP contribution in [0.15, 0.2) is 18.5 Å². The molecule has 2 rings (SSSR count). The molecule has 0 atom stereocenters. The topological polar surface area (TPSA) is 54.5 Å². The summed E-state index contributed by atoms with van der Waals surface area (Å²) in [6.45, 7) is 4.69. The second kappa shape index (κ2) is 6.52. The van der Waals surface area contributed by atoms with Crippen molar-refractivity contribution in [2.24, 2.45) is 0 Å². The standard InChI is InChI=1S/C14H21N3O2/c1-3-17(11-4-7-15-8-5-11)14(18)12-6-9-16-10-13(12)19-2/h6,9-11,15H,3-5,7-8H2,1-2H3. The maximum Gasteiger partial charge on any atom is 0.257 e. The number of nitrogens with one attached hydrogen (secondary N) is 1. The van der Waals surface area contributed by atoms with Gasteiger partial charge in [0.1, 0.15) is 5.75 Å². The van der Waals surface area contributed by atoms with Gasteiger partial charge in [0, 0.05) is 18.8 Å². The van der Waals surface area contributed by atoms with E-state index in [1.165, 1.54) is 0 Å². The Morgan fingerprint density at radius 2 is 2.26 bits per heavy atom. The summed E-state index contributed by atoms with van der Waals surface area (Å²) >= 11 is 0. The number of hydrogen-bond acceptors (Lipinski definition) is 4. The van der Waals surface area contributed by atoms with Crippen LogP contribution in [0.4, 0.5) is 0 Å². The molecular formula is C14H21N3O2. The van der Waals surface area contributed by atoms with E-state index in [1.54, 1.807) is 25.6 Å². The number of carbonyl (C=O) groups excluding carboxylic acids is 1. The second-order valence-electron chi connectivity index (χ2n) is 4.65. The van der Waals surface area contributed by atoms with Crippen LogP contribution in [0.25, 0.3) is 0 Å².